The van der Waals surface area contributed by atoms with Crippen LogP contribution in [0.25, 0.3) is 11.1 Å². The van der Waals surface area contributed by atoms with Gasteiger partial charge in [-0.2, -0.15) is 0 Å². The number of carbonyl (C=O) groups is 3. The molecule has 2 aromatic rings. The molecule has 0 aromatic heterocycles. The van der Waals surface area contributed by atoms with Crippen molar-refractivity contribution in [1.82, 2.24) is 10.2 Å². The highest BCUT2D eigenvalue weighted by Crippen LogP contribution is 2.26. The van der Waals surface area contributed by atoms with Crippen molar-refractivity contribution in [3.05, 3.63) is 53.8 Å². The number of aliphatic hydroxyl groups is 1. The number of hydrogen-bond acceptors (Lipinski definition) is 5. The summed E-state index contributed by atoms with van der Waals surface area (Å²) in [6, 6.07) is 9.37. The number of rotatable bonds is 7. The lowest BCUT2D eigenvalue weighted by atomic mass is 10.0. The number of hydrogen-bond donors (Lipinski definition) is 2. The summed E-state index contributed by atoms with van der Waals surface area (Å²) in [6.07, 6.45) is 0. The van der Waals surface area contributed by atoms with Crippen LogP contribution in [0.1, 0.15) is 10.4 Å². The zero-order chi connectivity index (χ0) is 20.8. The fraction of sp³-hybridized carbons (Fsp3) is 0.250. The monoisotopic (exact) mass is 388 g/mol. The topological polar surface area (TPSA) is 95.9 Å². The van der Waals surface area contributed by atoms with Gasteiger partial charge in [-0.15, -0.1) is 0 Å². The molecule has 1 unspecified atom stereocenters. The van der Waals surface area contributed by atoms with E-state index in [0.29, 0.717) is 11.1 Å². The molecule has 7 nitrogen and oxygen atoms in total. The van der Waals surface area contributed by atoms with Crippen LogP contribution in [0.2, 0.25) is 0 Å². The summed E-state index contributed by atoms with van der Waals surface area (Å²) < 4.78 is 18.8. The molecule has 28 heavy (non-hydrogen) atoms. The average Bonchev–Trinajstić information content (AvgIpc) is 2.72. The lowest BCUT2D eigenvalue weighted by molar-refractivity contribution is -0.135. The van der Waals surface area contributed by atoms with Crippen molar-refractivity contribution in [1.29, 1.82) is 0 Å². The molecular weight excluding hydrogens is 367 g/mol. The number of carbonyl (C=O) groups excluding carboxylic acids is 3. The maximum Gasteiger partial charge on any atom is 0.254 e. The average molecular weight is 388 g/mol. The Balaban J connectivity index is 2.26. The van der Waals surface area contributed by atoms with E-state index in [1.807, 2.05) is 0 Å². The zero-order valence-electron chi connectivity index (χ0n) is 15.7. The maximum absolute atomic E-state index is 13.9. The third-order valence-electron chi connectivity index (χ3n) is 4.28. The van der Waals surface area contributed by atoms with E-state index in [1.165, 1.54) is 45.5 Å². The molecule has 0 heterocycles. The Labute approximate surface area is 161 Å². The van der Waals surface area contributed by atoms with Crippen LogP contribution in [-0.4, -0.2) is 61.5 Å². The Morgan fingerprint density at radius 1 is 1.14 bits per heavy atom. The molecule has 148 valence electrons. The van der Waals surface area contributed by atoms with Gasteiger partial charge in [0.15, 0.2) is 23.4 Å². The van der Waals surface area contributed by atoms with Crippen molar-refractivity contribution in [2.24, 2.45) is 0 Å². The summed E-state index contributed by atoms with van der Waals surface area (Å²) in [5.41, 5.74) is 1.51. The third-order valence-corrected chi connectivity index (χ3v) is 4.28. The van der Waals surface area contributed by atoms with E-state index in [9.17, 15) is 18.8 Å². The van der Waals surface area contributed by atoms with Gasteiger partial charge < -0.3 is 20.1 Å². The van der Waals surface area contributed by atoms with Crippen molar-refractivity contribution in [3.63, 3.8) is 0 Å². The molecule has 0 aliphatic rings. The van der Waals surface area contributed by atoms with Gasteiger partial charge in [0.1, 0.15) is 6.61 Å². The highest BCUT2D eigenvalue weighted by atomic mass is 19.1. The molecule has 0 bridgehead atoms. The number of methoxy groups -OCH3 is 1. The lowest BCUT2D eigenvalue weighted by Gasteiger charge is -2.25. The van der Waals surface area contributed by atoms with Gasteiger partial charge in [-0.05, 0) is 35.4 Å². The lowest BCUT2D eigenvalue weighted by Crippen LogP contribution is -2.52. The van der Waals surface area contributed by atoms with Gasteiger partial charge in [0, 0.05) is 19.7 Å². The quantitative estimate of drug-likeness (QED) is 0.696. The molecule has 2 aromatic carbocycles. The smallest absolute Gasteiger partial charge is 0.254 e. The first-order valence-electron chi connectivity index (χ1n) is 8.40. The van der Waals surface area contributed by atoms with Crippen LogP contribution in [0.5, 0.6) is 5.75 Å². The fourth-order valence-corrected chi connectivity index (χ4v) is 2.73. The number of benzene rings is 2. The van der Waals surface area contributed by atoms with Crippen molar-refractivity contribution < 1.29 is 28.6 Å². The second kappa shape index (κ2) is 9.09. The highest BCUT2D eigenvalue weighted by molar-refractivity contribution is 6.10. The molecule has 2 N–H and O–H groups in total. The van der Waals surface area contributed by atoms with Gasteiger partial charge in [-0.25, -0.2) is 4.39 Å². The van der Waals surface area contributed by atoms with Gasteiger partial charge >= 0.3 is 0 Å². The Hall–Kier alpha value is -3.26. The molecule has 2 rings (SSSR count). The minimum Gasteiger partial charge on any atom is -0.494 e. The van der Waals surface area contributed by atoms with Crippen molar-refractivity contribution in [2.75, 3.05) is 27.8 Å². The van der Waals surface area contributed by atoms with Crippen molar-refractivity contribution in [2.45, 2.75) is 6.04 Å². The molecule has 0 aliphatic carbocycles. The maximum atomic E-state index is 13.9. The number of Topliss-reactive ketones (excluding diaryl/α,β-unsaturated/α-hetero) is 1. The number of ketones is 1. The van der Waals surface area contributed by atoms with Crippen molar-refractivity contribution in [3.8, 4) is 16.9 Å². The van der Waals surface area contributed by atoms with E-state index in [4.69, 9.17) is 9.84 Å². The Bertz CT molecular complexity index is 867. The van der Waals surface area contributed by atoms with E-state index < -0.39 is 36.1 Å². The highest BCUT2D eigenvalue weighted by Gasteiger charge is 2.32. The summed E-state index contributed by atoms with van der Waals surface area (Å²) >= 11 is 0. The van der Waals surface area contributed by atoms with E-state index in [0.717, 1.165) is 4.90 Å². The zero-order valence-corrected chi connectivity index (χ0v) is 15.7. The normalized spacial score (nSPS) is 11.5. The standard InChI is InChI=1S/C20H21FN2O5/c1-22-19(26)18(16(25)11-24)23(2)20(27)13-6-4-12(5-7-13)14-8-9-17(28-3)15(21)10-14/h4-10,18,24H,11H2,1-3H3,(H,22,26). The Kier molecular flexibility index (Phi) is 6.84. The Morgan fingerprint density at radius 2 is 1.75 bits per heavy atom. The molecular formula is C20H21FN2O5. The van der Waals surface area contributed by atoms with Crippen LogP contribution in [0.3, 0.4) is 0 Å². The second-order valence-corrected chi connectivity index (χ2v) is 5.98. The van der Waals surface area contributed by atoms with Crippen LogP contribution < -0.4 is 10.1 Å². The second-order valence-electron chi connectivity index (χ2n) is 5.98. The molecule has 8 heteroatoms. The van der Waals surface area contributed by atoms with Crippen LogP contribution in [-0.2, 0) is 9.59 Å². The summed E-state index contributed by atoms with van der Waals surface area (Å²) in [4.78, 5) is 37.4. The van der Waals surface area contributed by atoms with Gasteiger partial charge in [0.05, 0.1) is 7.11 Å². The summed E-state index contributed by atoms with van der Waals surface area (Å²) in [7, 11) is 4.02. The minimum atomic E-state index is -1.43. The van der Waals surface area contributed by atoms with Gasteiger partial charge in [0.25, 0.3) is 5.91 Å². The third kappa shape index (κ3) is 4.34. The van der Waals surface area contributed by atoms with Gasteiger partial charge in [0.2, 0.25) is 5.91 Å². The van der Waals surface area contributed by atoms with E-state index in [-0.39, 0.29) is 11.3 Å². The first-order chi connectivity index (χ1) is 13.3. The van der Waals surface area contributed by atoms with Gasteiger partial charge in [-0.3, -0.25) is 14.4 Å². The predicted molar refractivity (Wildman–Crippen MR) is 100 cm³/mol. The van der Waals surface area contributed by atoms with Crippen LogP contribution >= 0.6 is 0 Å². The number of amides is 2. The molecule has 1 atom stereocenters. The first kappa shape index (κ1) is 21.0. The SMILES string of the molecule is CNC(=O)C(C(=O)CO)N(C)C(=O)c1ccc(-c2ccc(OC)c(F)c2)cc1. The van der Waals surface area contributed by atoms with Crippen molar-refractivity contribution >= 4 is 17.6 Å². The molecule has 0 saturated heterocycles. The Morgan fingerprint density at radius 3 is 2.25 bits per heavy atom. The van der Waals surface area contributed by atoms with E-state index in [1.54, 1.807) is 18.2 Å². The summed E-state index contributed by atoms with van der Waals surface area (Å²) in [5, 5.41) is 11.4. The number of halogens is 1. The van der Waals surface area contributed by atoms with Gasteiger partial charge in [-0.1, -0.05) is 18.2 Å². The summed E-state index contributed by atoms with van der Waals surface area (Å²) in [6.45, 7) is -0.863. The number of aliphatic hydroxyl groups excluding tert-OH is 1. The van der Waals surface area contributed by atoms with E-state index in [2.05, 4.69) is 5.32 Å². The van der Waals surface area contributed by atoms with E-state index >= 15 is 0 Å². The molecule has 0 saturated carbocycles. The van der Waals surface area contributed by atoms with Crippen LogP contribution in [0, 0.1) is 5.82 Å². The molecule has 0 radical (unpaired) electrons. The number of ether oxygens (including phenoxy) is 1. The largest absolute Gasteiger partial charge is 0.494 e. The number of nitrogens with one attached hydrogen (secondary N) is 1. The number of likely N-dealkylation sites (N-methyl/N-ethyl adjacent to an activating group) is 2. The molecule has 0 aliphatic heterocycles. The van der Waals surface area contributed by atoms with Crippen LogP contribution in [0.4, 0.5) is 4.39 Å². The number of nitrogens with zero attached hydrogens (tertiary/aromatic N) is 1. The first-order valence-corrected chi connectivity index (χ1v) is 8.40. The fourth-order valence-electron chi connectivity index (χ4n) is 2.73. The minimum absolute atomic E-state index is 0.131. The predicted octanol–water partition coefficient (Wildman–Crippen LogP) is 1.25. The summed E-state index contributed by atoms with van der Waals surface area (Å²) in [5.74, 6) is -2.43. The van der Waals surface area contributed by atoms with Crippen LogP contribution in [0.15, 0.2) is 42.5 Å². The molecule has 2 amide bonds. The molecule has 0 spiro atoms. The molecule has 0 fully saturated rings.